The van der Waals surface area contributed by atoms with Gasteiger partial charge in [0.25, 0.3) is 0 Å². The summed E-state index contributed by atoms with van der Waals surface area (Å²) in [5.74, 6) is 2.24. The van der Waals surface area contributed by atoms with Gasteiger partial charge in [-0.15, -0.1) is 0 Å². The van der Waals surface area contributed by atoms with Crippen LogP contribution in [0.1, 0.15) is 5.56 Å². The van der Waals surface area contributed by atoms with Gasteiger partial charge in [-0.25, -0.2) is 9.97 Å². The highest BCUT2D eigenvalue weighted by Gasteiger charge is 2.20. The van der Waals surface area contributed by atoms with Gasteiger partial charge in [-0.1, -0.05) is 12.1 Å². The van der Waals surface area contributed by atoms with Crippen LogP contribution in [0, 0.1) is 0 Å². The number of ether oxygens (including phenoxy) is 3. The molecule has 2 aromatic heterocycles. The quantitative estimate of drug-likeness (QED) is 0.524. The third-order valence-electron chi connectivity index (χ3n) is 5.50. The number of methoxy groups -OCH3 is 2. The number of piperazine rings is 1. The molecule has 8 heteroatoms. The molecule has 0 atom stereocenters. The number of anilines is 1. The molecule has 0 bridgehead atoms. The molecule has 1 aliphatic heterocycles. The standard InChI is InChI=1S/C23H29N5O3/c1-29-21-5-3-4-19(23(21)31-15-14-27-9-8-24-18-27)17-26-10-12-28(13-11-26)20-6-7-22(30-2)25-16-20/h3-9,16,18H,10-15,17H2,1-2H3. The number of nitrogens with zero attached hydrogens (tertiary/aromatic N) is 5. The minimum atomic E-state index is 0.558. The van der Waals surface area contributed by atoms with Gasteiger partial charge in [0.05, 0.1) is 39.0 Å². The Morgan fingerprint density at radius 3 is 2.55 bits per heavy atom. The van der Waals surface area contributed by atoms with E-state index in [4.69, 9.17) is 14.2 Å². The molecule has 164 valence electrons. The maximum atomic E-state index is 6.16. The van der Waals surface area contributed by atoms with Crippen molar-refractivity contribution in [1.29, 1.82) is 0 Å². The van der Waals surface area contributed by atoms with E-state index in [1.54, 1.807) is 26.7 Å². The molecular formula is C23H29N5O3. The topological polar surface area (TPSA) is 64.9 Å². The Bertz CT molecular complexity index is 938. The zero-order valence-corrected chi connectivity index (χ0v) is 18.1. The summed E-state index contributed by atoms with van der Waals surface area (Å²) in [6, 6.07) is 10.1. The first-order valence-electron chi connectivity index (χ1n) is 10.5. The molecule has 1 aliphatic rings. The van der Waals surface area contributed by atoms with Crippen LogP contribution in [0.15, 0.2) is 55.2 Å². The van der Waals surface area contributed by atoms with Crippen LogP contribution in [0.4, 0.5) is 5.69 Å². The van der Waals surface area contributed by atoms with Crippen LogP contribution in [-0.4, -0.2) is 66.4 Å². The third-order valence-corrected chi connectivity index (χ3v) is 5.50. The van der Waals surface area contributed by atoms with Gasteiger partial charge in [0.2, 0.25) is 5.88 Å². The fourth-order valence-electron chi connectivity index (χ4n) is 3.77. The lowest BCUT2D eigenvalue weighted by molar-refractivity contribution is 0.236. The van der Waals surface area contributed by atoms with Crippen molar-refractivity contribution in [3.63, 3.8) is 0 Å². The molecule has 0 amide bonds. The molecule has 1 aromatic carbocycles. The number of rotatable bonds is 9. The van der Waals surface area contributed by atoms with Crippen LogP contribution in [0.2, 0.25) is 0 Å². The van der Waals surface area contributed by atoms with Crippen molar-refractivity contribution in [2.75, 3.05) is 51.9 Å². The molecule has 0 spiro atoms. The molecule has 3 aromatic rings. The second-order valence-corrected chi connectivity index (χ2v) is 7.42. The van der Waals surface area contributed by atoms with Gasteiger partial charge >= 0.3 is 0 Å². The van der Waals surface area contributed by atoms with E-state index in [1.165, 1.54) is 0 Å². The van der Waals surface area contributed by atoms with Gasteiger partial charge in [0, 0.05) is 56.7 Å². The number of pyridine rings is 1. The first-order valence-corrected chi connectivity index (χ1v) is 10.5. The Hall–Kier alpha value is -3.26. The largest absolute Gasteiger partial charge is 0.493 e. The van der Waals surface area contributed by atoms with Crippen LogP contribution in [0.25, 0.3) is 0 Å². The second-order valence-electron chi connectivity index (χ2n) is 7.42. The van der Waals surface area contributed by atoms with Crippen molar-refractivity contribution in [1.82, 2.24) is 19.4 Å². The van der Waals surface area contributed by atoms with E-state index in [9.17, 15) is 0 Å². The minimum Gasteiger partial charge on any atom is -0.493 e. The number of hydrogen-bond donors (Lipinski definition) is 0. The van der Waals surface area contributed by atoms with E-state index in [1.807, 2.05) is 35.2 Å². The Balaban J connectivity index is 1.36. The zero-order chi connectivity index (χ0) is 21.5. The summed E-state index contributed by atoms with van der Waals surface area (Å²) in [6.07, 6.45) is 7.38. The fourth-order valence-corrected chi connectivity index (χ4v) is 3.77. The first-order chi connectivity index (χ1) is 15.3. The highest BCUT2D eigenvalue weighted by Crippen LogP contribution is 2.32. The number of imidazole rings is 1. The van der Waals surface area contributed by atoms with Crippen LogP contribution in [0.3, 0.4) is 0 Å². The second kappa shape index (κ2) is 10.2. The summed E-state index contributed by atoms with van der Waals surface area (Å²) in [7, 11) is 3.32. The average molecular weight is 424 g/mol. The number of benzene rings is 1. The highest BCUT2D eigenvalue weighted by atomic mass is 16.5. The Morgan fingerprint density at radius 2 is 1.87 bits per heavy atom. The van der Waals surface area contributed by atoms with Gasteiger partial charge in [0.15, 0.2) is 11.5 Å². The van der Waals surface area contributed by atoms with Gasteiger partial charge in [0.1, 0.15) is 6.61 Å². The smallest absolute Gasteiger partial charge is 0.213 e. The van der Waals surface area contributed by atoms with E-state index in [0.717, 1.165) is 62.0 Å². The number of aromatic nitrogens is 3. The molecule has 0 aliphatic carbocycles. The van der Waals surface area contributed by atoms with Crippen molar-refractivity contribution < 1.29 is 14.2 Å². The number of hydrogen-bond acceptors (Lipinski definition) is 7. The molecule has 1 saturated heterocycles. The van der Waals surface area contributed by atoms with Crippen molar-refractivity contribution >= 4 is 5.69 Å². The summed E-state index contributed by atoms with van der Waals surface area (Å²) < 4.78 is 18.9. The van der Waals surface area contributed by atoms with Crippen LogP contribution in [0.5, 0.6) is 17.4 Å². The van der Waals surface area contributed by atoms with E-state index < -0.39 is 0 Å². The van der Waals surface area contributed by atoms with Gasteiger partial charge in [-0.05, 0) is 12.1 Å². The van der Waals surface area contributed by atoms with Gasteiger partial charge in [-0.3, -0.25) is 4.90 Å². The lowest BCUT2D eigenvalue weighted by Crippen LogP contribution is -2.46. The van der Waals surface area contributed by atoms with E-state index in [-0.39, 0.29) is 0 Å². The summed E-state index contributed by atoms with van der Waals surface area (Å²) in [5, 5.41) is 0. The molecule has 4 rings (SSSR count). The van der Waals surface area contributed by atoms with Crippen molar-refractivity contribution in [3.05, 3.63) is 60.8 Å². The first kappa shape index (κ1) is 21.0. The predicted molar refractivity (Wildman–Crippen MR) is 119 cm³/mol. The van der Waals surface area contributed by atoms with E-state index in [0.29, 0.717) is 12.5 Å². The molecule has 3 heterocycles. The van der Waals surface area contributed by atoms with Gasteiger partial charge in [-0.2, -0.15) is 0 Å². The average Bonchev–Trinajstić information content (AvgIpc) is 3.34. The summed E-state index contributed by atoms with van der Waals surface area (Å²) in [5.41, 5.74) is 2.27. The summed E-state index contributed by atoms with van der Waals surface area (Å²) >= 11 is 0. The predicted octanol–water partition coefficient (Wildman–Crippen LogP) is 2.70. The molecule has 8 nitrogen and oxygen atoms in total. The maximum absolute atomic E-state index is 6.16. The van der Waals surface area contributed by atoms with E-state index in [2.05, 4.69) is 31.9 Å². The van der Waals surface area contributed by atoms with Crippen molar-refractivity contribution in [2.24, 2.45) is 0 Å². The molecule has 0 N–H and O–H groups in total. The summed E-state index contributed by atoms with van der Waals surface area (Å²) in [6.45, 7) is 5.97. The Morgan fingerprint density at radius 1 is 1.00 bits per heavy atom. The number of para-hydroxylation sites is 1. The lowest BCUT2D eigenvalue weighted by Gasteiger charge is -2.36. The highest BCUT2D eigenvalue weighted by molar-refractivity contribution is 5.47. The monoisotopic (exact) mass is 423 g/mol. The minimum absolute atomic E-state index is 0.558. The van der Waals surface area contributed by atoms with Gasteiger partial charge < -0.3 is 23.7 Å². The summed E-state index contributed by atoms with van der Waals surface area (Å²) in [4.78, 5) is 13.2. The Kier molecular flexibility index (Phi) is 6.89. The SMILES string of the molecule is COc1ccc(N2CCN(Cc3cccc(OC)c3OCCn3ccnc3)CC2)cn1. The molecule has 0 saturated carbocycles. The van der Waals surface area contributed by atoms with Crippen molar-refractivity contribution in [3.8, 4) is 17.4 Å². The zero-order valence-electron chi connectivity index (χ0n) is 18.1. The molecular weight excluding hydrogens is 394 g/mol. The van der Waals surface area contributed by atoms with E-state index >= 15 is 0 Å². The molecule has 1 fully saturated rings. The molecule has 0 unspecified atom stereocenters. The third kappa shape index (κ3) is 5.27. The van der Waals surface area contributed by atoms with Crippen LogP contribution >= 0.6 is 0 Å². The Labute approximate surface area is 183 Å². The maximum Gasteiger partial charge on any atom is 0.213 e. The van der Waals surface area contributed by atoms with Crippen LogP contribution < -0.4 is 19.1 Å². The molecule has 31 heavy (non-hydrogen) atoms. The fraction of sp³-hybridized carbons (Fsp3) is 0.391. The molecule has 0 radical (unpaired) electrons. The van der Waals surface area contributed by atoms with Crippen LogP contribution in [-0.2, 0) is 13.1 Å². The normalized spacial score (nSPS) is 14.5. The van der Waals surface area contributed by atoms with Crippen molar-refractivity contribution in [2.45, 2.75) is 13.1 Å². The lowest BCUT2D eigenvalue weighted by atomic mass is 10.1.